The van der Waals surface area contributed by atoms with E-state index in [1.54, 1.807) is 6.92 Å². The van der Waals surface area contributed by atoms with Gasteiger partial charge in [-0.3, -0.25) is 0 Å². The SMILES string of the molecule is CC(Nc1ccc(S(C)(=O)=O)nc1)c1cc(F)ccc1F. The maximum atomic E-state index is 13.6. The number of anilines is 1. The van der Waals surface area contributed by atoms with Crippen LogP contribution >= 0.6 is 0 Å². The first-order chi connectivity index (χ1) is 9.77. The highest BCUT2D eigenvalue weighted by atomic mass is 32.2. The molecule has 112 valence electrons. The van der Waals surface area contributed by atoms with Gasteiger partial charge in [0.05, 0.1) is 17.9 Å². The van der Waals surface area contributed by atoms with Crippen molar-refractivity contribution >= 4 is 15.5 Å². The summed E-state index contributed by atoms with van der Waals surface area (Å²) in [6, 6.07) is 5.61. The normalized spacial score (nSPS) is 13.0. The van der Waals surface area contributed by atoms with Gasteiger partial charge < -0.3 is 5.32 Å². The Morgan fingerprint density at radius 1 is 1.19 bits per heavy atom. The van der Waals surface area contributed by atoms with E-state index in [4.69, 9.17) is 0 Å². The van der Waals surface area contributed by atoms with Crippen LogP contribution < -0.4 is 5.32 Å². The molecule has 21 heavy (non-hydrogen) atoms. The van der Waals surface area contributed by atoms with Crippen LogP contribution in [0.2, 0.25) is 0 Å². The van der Waals surface area contributed by atoms with Crippen molar-refractivity contribution < 1.29 is 17.2 Å². The maximum Gasteiger partial charge on any atom is 0.192 e. The minimum Gasteiger partial charge on any atom is -0.377 e. The second-order valence-corrected chi connectivity index (χ2v) is 6.65. The predicted octanol–water partition coefficient (Wildman–Crippen LogP) is 2.94. The van der Waals surface area contributed by atoms with Crippen molar-refractivity contribution in [2.45, 2.75) is 18.0 Å². The van der Waals surface area contributed by atoms with E-state index in [2.05, 4.69) is 10.3 Å². The van der Waals surface area contributed by atoms with Gasteiger partial charge in [-0.2, -0.15) is 0 Å². The Morgan fingerprint density at radius 2 is 1.90 bits per heavy atom. The van der Waals surface area contributed by atoms with Crippen LogP contribution in [0, 0.1) is 11.6 Å². The Kier molecular flexibility index (Phi) is 4.22. The second kappa shape index (κ2) is 5.77. The maximum absolute atomic E-state index is 13.6. The van der Waals surface area contributed by atoms with E-state index in [0.717, 1.165) is 24.5 Å². The summed E-state index contributed by atoms with van der Waals surface area (Å²) in [5.41, 5.74) is 0.695. The number of rotatable bonds is 4. The second-order valence-electron chi connectivity index (χ2n) is 4.69. The Labute approximate surface area is 121 Å². The van der Waals surface area contributed by atoms with E-state index in [0.29, 0.717) is 5.69 Å². The van der Waals surface area contributed by atoms with Gasteiger partial charge in [0, 0.05) is 11.8 Å². The van der Waals surface area contributed by atoms with Crippen LogP contribution in [0.3, 0.4) is 0 Å². The summed E-state index contributed by atoms with van der Waals surface area (Å²) in [7, 11) is -3.36. The third-order valence-corrected chi connectivity index (χ3v) is 3.93. The van der Waals surface area contributed by atoms with Crippen LogP contribution in [0.1, 0.15) is 18.5 Å². The number of aromatic nitrogens is 1. The molecule has 1 N–H and O–H groups in total. The Balaban J connectivity index is 2.20. The van der Waals surface area contributed by atoms with Gasteiger partial charge in [0.25, 0.3) is 0 Å². The summed E-state index contributed by atoms with van der Waals surface area (Å²) in [4.78, 5) is 3.82. The highest BCUT2D eigenvalue weighted by Crippen LogP contribution is 2.22. The fourth-order valence-corrected chi connectivity index (χ4v) is 2.42. The standard InChI is InChI=1S/C14H14F2N2O2S/c1-9(12-7-10(15)3-5-13(12)16)18-11-4-6-14(17-8-11)21(2,19)20/h3-9,18H,1-2H3. The number of hydrogen-bond donors (Lipinski definition) is 1. The number of halogens is 2. The van der Waals surface area contributed by atoms with Crippen molar-refractivity contribution in [1.29, 1.82) is 0 Å². The van der Waals surface area contributed by atoms with Gasteiger partial charge in [0.15, 0.2) is 14.9 Å². The van der Waals surface area contributed by atoms with E-state index in [-0.39, 0.29) is 10.6 Å². The van der Waals surface area contributed by atoms with Gasteiger partial charge in [-0.05, 0) is 37.3 Å². The average Bonchev–Trinajstić information content (AvgIpc) is 2.41. The first kappa shape index (κ1) is 15.4. The smallest absolute Gasteiger partial charge is 0.192 e. The van der Waals surface area contributed by atoms with Crippen LogP contribution in [0.15, 0.2) is 41.6 Å². The molecule has 7 heteroatoms. The average molecular weight is 312 g/mol. The van der Waals surface area contributed by atoms with Gasteiger partial charge in [-0.15, -0.1) is 0 Å². The van der Waals surface area contributed by atoms with Crippen LogP contribution in [0.25, 0.3) is 0 Å². The molecule has 2 aromatic rings. The monoisotopic (exact) mass is 312 g/mol. The minimum atomic E-state index is -3.36. The molecule has 1 heterocycles. The zero-order valence-corrected chi connectivity index (χ0v) is 12.3. The lowest BCUT2D eigenvalue weighted by molar-refractivity contribution is 0.577. The van der Waals surface area contributed by atoms with Gasteiger partial charge in [0.1, 0.15) is 11.6 Å². The number of nitrogens with zero attached hydrogens (tertiary/aromatic N) is 1. The molecule has 0 amide bonds. The topological polar surface area (TPSA) is 59.1 Å². The molecule has 1 unspecified atom stereocenters. The van der Waals surface area contributed by atoms with Crippen molar-refractivity contribution in [3.05, 3.63) is 53.7 Å². The van der Waals surface area contributed by atoms with Crippen LogP contribution in [-0.4, -0.2) is 19.7 Å². The summed E-state index contributed by atoms with van der Waals surface area (Å²) >= 11 is 0. The molecule has 4 nitrogen and oxygen atoms in total. The van der Waals surface area contributed by atoms with Crippen LogP contribution in [-0.2, 0) is 9.84 Å². The van der Waals surface area contributed by atoms with Gasteiger partial charge in [0.2, 0.25) is 0 Å². The van der Waals surface area contributed by atoms with Crippen LogP contribution in [0.5, 0.6) is 0 Å². The number of benzene rings is 1. The van der Waals surface area contributed by atoms with Crippen molar-refractivity contribution in [2.75, 3.05) is 11.6 Å². The van der Waals surface area contributed by atoms with E-state index >= 15 is 0 Å². The molecule has 2 rings (SSSR count). The molecule has 1 aromatic heterocycles. The summed E-state index contributed by atoms with van der Waals surface area (Å²) in [6.45, 7) is 1.67. The summed E-state index contributed by atoms with van der Waals surface area (Å²) in [5.74, 6) is -1.04. The van der Waals surface area contributed by atoms with E-state index < -0.39 is 27.5 Å². The number of hydrogen-bond acceptors (Lipinski definition) is 4. The quantitative estimate of drug-likeness (QED) is 0.943. The molecule has 0 radical (unpaired) electrons. The molecule has 0 aliphatic heterocycles. The zero-order chi connectivity index (χ0) is 15.6. The first-order valence-corrected chi connectivity index (χ1v) is 8.04. The van der Waals surface area contributed by atoms with Crippen molar-refractivity contribution in [3.8, 4) is 0 Å². The number of nitrogens with one attached hydrogen (secondary N) is 1. The highest BCUT2D eigenvalue weighted by Gasteiger charge is 2.13. The first-order valence-electron chi connectivity index (χ1n) is 6.15. The van der Waals surface area contributed by atoms with Gasteiger partial charge >= 0.3 is 0 Å². The molecule has 1 aromatic carbocycles. The number of sulfone groups is 1. The fraction of sp³-hybridized carbons (Fsp3) is 0.214. The van der Waals surface area contributed by atoms with E-state index in [1.807, 2.05) is 0 Å². The van der Waals surface area contributed by atoms with E-state index in [1.165, 1.54) is 18.3 Å². The molecule has 0 bridgehead atoms. The molecular weight excluding hydrogens is 298 g/mol. The molecule has 0 fully saturated rings. The molecule has 0 saturated heterocycles. The lowest BCUT2D eigenvalue weighted by Gasteiger charge is -2.16. The van der Waals surface area contributed by atoms with Crippen LogP contribution in [0.4, 0.5) is 14.5 Å². The lowest BCUT2D eigenvalue weighted by atomic mass is 10.1. The summed E-state index contributed by atoms with van der Waals surface area (Å²) in [6.07, 6.45) is 2.40. The highest BCUT2D eigenvalue weighted by molar-refractivity contribution is 7.90. The fourth-order valence-electron chi connectivity index (χ4n) is 1.86. The molecule has 0 aliphatic rings. The summed E-state index contributed by atoms with van der Waals surface area (Å²) in [5, 5.41) is 2.90. The third-order valence-electron chi connectivity index (χ3n) is 2.92. The molecule has 0 aliphatic carbocycles. The van der Waals surface area contributed by atoms with Crippen molar-refractivity contribution in [1.82, 2.24) is 4.98 Å². The largest absolute Gasteiger partial charge is 0.377 e. The summed E-state index contributed by atoms with van der Waals surface area (Å²) < 4.78 is 49.4. The van der Waals surface area contributed by atoms with E-state index in [9.17, 15) is 17.2 Å². The van der Waals surface area contributed by atoms with Crippen molar-refractivity contribution in [3.63, 3.8) is 0 Å². The van der Waals surface area contributed by atoms with Gasteiger partial charge in [-0.25, -0.2) is 22.2 Å². The molecule has 0 saturated carbocycles. The Hall–Kier alpha value is -2.02. The van der Waals surface area contributed by atoms with Crippen molar-refractivity contribution in [2.24, 2.45) is 0 Å². The molecule has 1 atom stereocenters. The molecule has 0 spiro atoms. The predicted molar refractivity (Wildman–Crippen MR) is 75.7 cm³/mol. The lowest BCUT2D eigenvalue weighted by Crippen LogP contribution is -2.10. The third kappa shape index (κ3) is 3.75. The zero-order valence-electron chi connectivity index (χ0n) is 11.5. The Bertz CT molecular complexity index is 746. The Morgan fingerprint density at radius 3 is 2.48 bits per heavy atom. The number of pyridine rings is 1. The molecular formula is C14H14F2N2O2S. The van der Waals surface area contributed by atoms with Gasteiger partial charge in [-0.1, -0.05) is 0 Å². The minimum absolute atomic E-state index is 0.0439.